The zero-order chi connectivity index (χ0) is 13.8. The molecule has 1 unspecified atom stereocenters. The molecule has 2 atom stereocenters. The first-order valence-electron chi connectivity index (χ1n) is 6.66. The fourth-order valence-corrected chi connectivity index (χ4v) is 2.49. The van der Waals surface area contributed by atoms with Crippen molar-refractivity contribution in [3.8, 4) is 11.6 Å². The van der Waals surface area contributed by atoms with Crippen LogP contribution in [-0.4, -0.2) is 23.3 Å². The molecule has 1 aliphatic rings. The average molecular weight is 263 g/mol. The van der Waals surface area contributed by atoms with Crippen LogP contribution in [0.1, 0.15) is 31.4 Å². The monoisotopic (exact) mass is 263 g/mol. The van der Waals surface area contributed by atoms with Gasteiger partial charge in [0.1, 0.15) is 0 Å². The van der Waals surface area contributed by atoms with E-state index < -0.39 is 0 Å². The second-order valence-corrected chi connectivity index (χ2v) is 5.05. The van der Waals surface area contributed by atoms with Crippen molar-refractivity contribution in [1.82, 2.24) is 4.98 Å². The van der Waals surface area contributed by atoms with Gasteiger partial charge in [-0.1, -0.05) is 6.58 Å². The van der Waals surface area contributed by atoms with Crippen LogP contribution in [0.5, 0.6) is 11.6 Å². The Bertz CT molecular complexity index is 459. The number of aromatic nitrogens is 1. The molecule has 4 nitrogen and oxygen atoms in total. The van der Waals surface area contributed by atoms with E-state index in [2.05, 4.69) is 11.6 Å². The molecule has 0 bridgehead atoms. The molecule has 0 spiro atoms. The third-order valence-electron chi connectivity index (χ3n) is 3.55. The minimum atomic E-state index is 0.0843. The Balaban J connectivity index is 2.06. The minimum absolute atomic E-state index is 0.0843. The predicted octanol–water partition coefficient (Wildman–Crippen LogP) is 3.41. The van der Waals surface area contributed by atoms with Gasteiger partial charge in [-0.05, 0) is 44.7 Å². The van der Waals surface area contributed by atoms with Gasteiger partial charge in [0.2, 0.25) is 0 Å². The topological polar surface area (TPSA) is 51.6 Å². The summed E-state index contributed by atoms with van der Waals surface area (Å²) < 4.78 is 11.2. The van der Waals surface area contributed by atoms with Gasteiger partial charge in [0.15, 0.2) is 5.75 Å². The lowest BCUT2D eigenvalue weighted by Crippen LogP contribution is -2.26. The van der Waals surface area contributed by atoms with E-state index in [1.54, 1.807) is 7.11 Å². The molecule has 0 radical (unpaired) electrons. The van der Waals surface area contributed by atoms with Crippen molar-refractivity contribution in [2.45, 2.75) is 38.7 Å². The molecule has 4 heteroatoms. The molecule has 1 fully saturated rings. The van der Waals surface area contributed by atoms with E-state index in [9.17, 15) is 5.11 Å². The van der Waals surface area contributed by atoms with Crippen molar-refractivity contribution in [2.75, 3.05) is 7.11 Å². The first-order chi connectivity index (χ1) is 9.10. The normalized spacial score (nSPS) is 22.8. The van der Waals surface area contributed by atoms with Gasteiger partial charge in [0, 0.05) is 11.6 Å². The standard InChI is InChI=1S/C15H21NO3/c1-10-7-8-14(15(16-10)18-3)19-13-6-4-5-12(9-13)11(2)17/h7-8,12-13,17H,2,4-6,9H2,1,3H3/t12?,13-/m0/s1. The van der Waals surface area contributed by atoms with E-state index in [1.165, 1.54) is 0 Å². The molecule has 1 aromatic rings. The summed E-state index contributed by atoms with van der Waals surface area (Å²) in [5.41, 5.74) is 0.898. The van der Waals surface area contributed by atoms with Crippen LogP contribution in [-0.2, 0) is 0 Å². The van der Waals surface area contributed by atoms with Crippen LogP contribution >= 0.6 is 0 Å². The number of rotatable bonds is 4. The van der Waals surface area contributed by atoms with Crippen molar-refractivity contribution in [2.24, 2.45) is 5.92 Å². The smallest absolute Gasteiger partial charge is 0.256 e. The summed E-state index contributed by atoms with van der Waals surface area (Å²) in [7, 11) is 1.59. The van der Waals surface area contributed by atoms with Gasteiger partial charge < -0.3 is 14.6 Å². The number of aryl methyl sites for hydroxylation is 1. The van der Waals surface area contributed by atoms with Crippen LogP contribution in [0.2, 0.25) is 0 Å². The molecule has 1 aliphatic carbocycles. The van der Waals surface area contributed by atoms with Gasteiger partial charge in [0.25, 0.3) is 5.88 Å². The molecule has 1 aromatic heterocycles. The minimum Gasteiger partial charge on any atom is -0.513 e. The highest BCUT2D eigenvalue weighted by Crippen LogP contribution is 2.33. The zero-order valence-electron chi connectivity index (χ0n) is 11.6. The Labute approximate surface area is 114 Å². The van der Waals surface area contributed by atoms with Crippen LogP contribution in [0, 0.1) is 12.8 Å². The molecule has 0 aromatic carbocycles. The van der Waals surface area contributed by atoms with Crippen molar-refractivity contribution < 1.29 is 14.6 Å². The molecule has 104 valence electrons. The van der Waals surface area contributed by atoms with Crippen molar-refractivity contribution in [3.05, 3.63) is 30.2 Å². The average Bonchev–Trinajstić information content (AvgIpc) is 2.41. The molecule has 1 saturated carbocycles. The number of ether oxygens (including phenoxy) is 2. The number of aliphatic hydroxyl groups is 1. The number of hydrogen-bond donors (Lipinski definition) is 1. The maximum Gasteiger partial charge on any atom is 0.256 e. The number of hydrogen-bond acceptors (Lipinski definition) is 4. The molecule has 1 heterocycles. The molecule has 2 rings (SSSR count). The fourth-order valence-electron chi connectivity index (χ4n) is 2.49. The van der Waals surface area contributed by atoms with Gasteiger partial charge in [-0.3, -0.25) is 0 Å². The lowest BCUT2D eigenvalue weighted by atomic mass is 9.86. The van der Waals surface area contributed by atoms with Gasteiger partial charge in [-0.2, -0.15) is 0 Å². The molecule has 1 N–H and O–H groups in total. The van der Waals surface area contributed by atoms with E-state index in [0.717, 1.165) is 31.4 Å². The Morgan fingerprint density at radius 1 is 1.42 bits per heavy atom. The zero-order valence-corrected chi connectivity index (χ0v) is 11.6. The summed E-state index contributed by atoms with van der Waals surface area (Å²) in [4.78, 5) is 4.30. The van der Waals surface area contributed by atoms with E-state index in [-0.39, 0.29) is 17.8 Å². The summed E-state index contributed by atoms with van der Waals surface area (Å²) in [6.07, 6.45) is 3.89. The Hall–Kier alpha value is -1.71. The van der Waals surface area contributed by atoms with Gasteiger partial charge in [-0.15, -0.1) is 0 Å². The summed E-state index contributed by atoms with van der Waals surface area (Å²) >= 11 is 0. The quantitative estimate of drug-likeness (QED) is 0.846. The van der Waals surface area contributed by atoms with E-state index in [1.807, 2.05) is 19.1 Å². The molecule has 0 aliphatic heterocycles. The fraction of sp³-hybridized carbons (Fsp3) is 0.533. The molecule has 19 heavy (non-hydrogen) atoms. The number of pyridine rings is 1. The Morgan fingerprint density at radius 3 is 2.89 bits per heavy atom. The number of nitrogens with zero attached hydrogens (tertiary/aromatic N) is 1. The second kappa shape index (κ2) is 5.95. The van der Waals surface area contributed by atoms with Crippen LogP contribution in [0.4, 0.5) is 0 Å². The highest BCUT2D eigenvalue weighted by atomic mass is 16.5. The van der Waals surface area contributed by atoms with Crippen LogP contribution in [0.25, 0.3) is 0 Å². The maximum atomic E-state index is 9.51. The molecular weight excluding hydrogens is 242 g/mol. The predicted molar refractivity (Wildman–Crippen MR) is 73.7 cm³/mol. The number of aliphatic hydroxyl groups excluding tert-OH is 1. The summed E-state index contributed by atoms with van der Waals surface area (Å²) in [6, 6.07) is 3.79. The highest BCUT2D eigenvalue weighted by molar-refractivity contribution is 5.34. The number of methoxy groups -OCH3 is 1. The van der Waals surface area contributed by atoms with Gasteiger partial charge in [0.05, 0.1) is 19.0 Å². The van der Waals surface area contributed by atoms with Crippen LogP contribution < -0.4 is 9.47 Å². The maximum absolute atomic E-state index is 9.51. The van der Waals surface area contributed by atoms with E-state index >= 15 is 0 Å². The summed E-state index contributed by atoms with van der Waals surface area (Å²) in [5.74, 6) is 1.60. The third-order valence-corrected chi connectivity index (χ3v) is 3.55. The molecular formula is C15H21NO3. The first kappa shape index (κ1) is 13.7. The summed E-state index contributed by atoms with van der Waals surface area (Å²) in [6.45, 7) is 5.54. The van der Waals surface area contributed by atoms with Crippen molar-refractivity contribution >= 4 is 0 Å². The lowest BCUT2D eigenvalue weighted by molar-refractivity contribution is 0.114. The lowest BCUT2D eigenvalue weighted by Gasteiger charge is -2.29. The molecule has 0 amide bonds. The third kappa shape index (κ3) is 3.40. The second-order valence-electron chi connectivity index (χ2n) is 5.05. The number of allylic oxidation sites excluding steroid dienone is 1. The molecule has 0 saturated heterocycles. The van der Waals surface area contributed by atoms with Crippen LogP contribution in [0.3, 0.4) is 0 Å². The van der Waals surface area contributed by atoms with Crippen LogP contribution in [0.15, 0.2) is 24.5 Å². The van der Waals surface area contributed by atoms with E-state index in [0.29, 0.717) is 11.6 Å². The summed E-state index contributed by atoms with van der Waals surface area (Å²) in [5, 5.41) is 9.51. The van der Waals surface area contributed by atoms with E-state index in [4.69, 9.17) is 9.47 Å². The largest absolute Gasteiger partial charge is 0.513 e. The van der Waals surface area contributed by atoms with Crippen molar-refractivity contribution in [1.29, 1.82) is 0 Å². The van der Waals surface area contributed by atoms with Gasteiger partial charge in [-0.25, -0.2) is 4.98 Å². The Kier molecular flexibility index (Phi) is 4.30. The SMILES string of the molecule is C=C(O)C1CCC[C@H](Oc2ccc(C)nc2OC)C1. The van der Waals surface area contributed by atoms with Crippen molar-refractivity contribution in [3.63, 3.8) is 0 Å². The first-order valence-corrected chi connectivity index (χ1v) is 6.66. The highest BCUT2D eigenvalue weighted by Gasteiger charge is 2.26. The van der Waals surface area contributed by atoms with Gasteiger partial charge >= 0.3 is 0 Å². The Morgan fingerprint density at radius 2 is 2.21 bits per heavy atom.